The molecule has 6 N–H and O–H groups in total. The molecule has 15 heteroatoms. The number of rotatable bonds is 18. The number of hydrogen-bond acceptors (Lipinski definition) is 9. The summed E-state index contributed by atoms with van der Waals surface area (Å²) in [6.45, 7) is 1.37. The van der Waals surface area contributed by atoms with E-state index < -0.39 is 53.8 Å². The Hall–Kier alpha value is -5.64. The third-order valence-corrected chi connectivity index (χ3v) is 9.05. The maximum atomic E-state index is 13.2. The Balaban J connectivity index is 1.43. The van der Waals surface area contributed by atoms with Gasteiger partial charge in [0, 0.05) is 58.5 Å². The molecule has 54 heavy (non-hydrogen) atoms. The van der Waals surface area contributed by atoms with E-state index in [1.807, 2.05) is 18.2 Å². The summed E-state index contributed by atoms with van der Waals surface area (Å²) in [6, 6.07) is 23.3. The predicted molar refractivity (Wildman–Crippen MR) is 198 cm³/mol. The first-order valence-corrected chi connectivity index (χ1v) is 17.8. The van der Waals surface area contributed by atoms with Crippen LogP contribution in [0.25, 0.3) is 0 Å². The largest absolute Gasteiger partial charge is 0.480 e. The summed E-state index contributed by atoms with van der Waals surface area (Å²) in [6.07, 6.45) is 0.282. The average Bonchev–Trinajstić information content (AvgIpc) is 3.23. The zero-order valence-corrected chi connectivity index (χ0v) is 30.0. The van der Waals surface area contributed by atoms with Crippen molar-refractivity contribution in [2.45, 2.75) is 37.4 Å². The van der Waals surface area contributed by atoms with Gasteiger partial charge in [0.2, 0.25) is 17.7 Å². The van der Waals surface area contributed by atoms with Crippen LogP contribution in [0.1, 0.15) is 16.7 Å². The number of carbonyl (C=O) groups excluding carboxylic acids is 3. The minimum atomic E-state index is -1.18. The number of aliphatic carboxylic acids is 3. The Kier molecular flexibility index (Phi) is 16.1. The molecule has 3 aromatic carbocycles. The fraction of sp³-hybridized carbons (Fsp3) is 0.385. The van der Waals surface area contributed by atoms with Gasteiger partial charge in [-0.05, 0) is 16.7 Å². The van der Waals surface area contributed by atoms with Crippen molar-refractivity contribution in [2.24, 2.45) is 0 Å². The molecule has 1 aliphatic heterocycles. The molecular formula is C39H48N6O9. The van der Waals surface area contributed by atoms with Gasteiger partial charge in [-0.3, -0.25) is 29.1 Å². The number of nitrogens with zero attached hydrogens (tertiary/aromatic N) is 3. The van der Waals surface area contributed by atoms with Gasteiger partial charge < -0.3 is 31.3 Å². The zero-order chi connectivity index (χ0) is 38.9. The summed E-state index contributed by atoms with van der Waals surface area (Å²) in [7, 11) is 0. The lowest BCUT2D eigenvalue weighted by Gasteiger charge is -2.26. The molecule has 288 valence electrons. The molecule has 3 aromatic rings. The van der Waals surface area contributed by atoms with E-state index in [-0.39, 0.29) is 38.9 Å². The van der Waals surface area contributed by atoms with Crippen LogP contribution in [0.4, 0.5) is 0 Å². The smallest absolute Gasteiger partial charge is 0.326 e. The summed E-state index contributed by atoms with van der Waals surface area (Å²) >= 11 is 0. The van der Waals surface area contributed by atoms with Crippen molar-refractivity contribution in [3.63, 3.8) is 0 Å². The molecule has 0 radical (unpaired) electrons. The SMILES string of the molecule is O=C(CN1CCN(CC(=O)N[C@@H](Cc2ccccc2)C(=O)O)CCN(CC(=O)N[C@@H](Cc2ccccc2)C(=O)O)CC1)N[C@@H](Cc1ccccc1)C(=O)O. The van der Waals surface area contributed by atoms with Crippen LogP contribution in [0.2, 0.25) is 0 Å². The summed E-state index contributed by atoms with van der Waals surface area (Å²) in [4.78, 5) is 81.1. The van der Waals surface area contributed by atoms with Crippen LogP contribution in [0.15, 0.2) is 91.0 Å². The number of carbonyl (C=O) groups is 6. The summed E-state index contributed by atoms with van der Waals surface area (Å²) < 4.78 is 0. The van der Waals surface area contributed by atoms with Gasteiger partial charge in [0.15, 0.2) is 0 Å². The van der Waals surface area contributed by atoms with E-state index in [1.54, 1.807) is 87.5 Å². The zero-order valence-electron chi connectivity index (χ0n) is 30.0. The molecule has 3 atom stereocenters. The molecule has 0 unspecified atom stereocenters. The normalized spacial score (nSPS) is 16.0. The maximum Gasteiger partial charge on any atom is 0.326 e. The van der Waals surface area contributed by atoms with Crippen LogP contribution in [0, 0.1) is 0 Å². The molecule has 15 nitrogen and oxygen atoms in total. The van der Waals surface area contributed by atoms with E-state index in [1.165, 1.54) is 0 Å². The van der Waals surface area contributed by atoms with Crippen molar-refractivity contribution in [3.05, 3.63) is 108 Å². The van der Waals surface area contributed by atoms with Gasteiger partial charge in [-0.1, -0.05) is 91.0 Å². The van der Waals surface area contributed by atoms with Crippen molar-refractivity contribution in [1.29, 1.82) is 0 Å². The Bertz CT molecular complexity index is 1490. The van der Waals surface area contributed by atoms with E-state index in [2.05, 4.69) is 16.0 Å². The summed E-state index contributed by atoms with van der Waals surface area (Å²) in [5.74, 6) is -5.07. The maximum absolute atomic E-state index is 13.2. The molecule has 1 fully saturated rings. The van der Waals surface area contributed by atoms with Crippen molar-refractivity contribution >= 4 is 35.6 Å². The molecule has 1 heterocycles. The van der Waals surface area contributed by atoms with E-state index >= 15 is 0 Å². The lowest BCUT2D eigenvalue weighted by atomic mass is 10.1. The van der Waals surface area contributed by atoms with Gasteiger partial charge in [0.25, 0.3) is 0 Å². The third kappa shape index (κ3) is 14.4. The first kappa shape index (κ1) is 41.1. The van der Waals surface area contributed by atoms with Crippen molar-refractivity contribution in [3.8, 4) is 0 Å². The minimum absolute atomic E-state index is 0.0942. The average molecular weight is 745 g/mol. The highest BCUT2D eigenvalue weighted by molar-refractivity contribution is 5.86. The summed E-state index contributed by atoms with van der Waals surface area (Å²) in [5, 5.41) is 37.3. The van der Waals surface area contributed by atoms with E-state index in [9.17, 15) is 44.1 Å². The van der Waals surface area contributed by atoms with Crippen LogP contribution >= 0.6 is 0 Å². The van der Waals surface area contributed by atoms with Gasteiger partial charge >= 0.3 is 17.9 Å². The molecule has 0 aromatic heterocycles. The molecule has 0 bridgehead atoms. The van der Waals surface area contributed by atoms with Crippen LogP contribution in [-0.4, -0.2) is 143 Å². The first-order chi connectivity index (χ1) is 25.9. The van der Waals surface area contributed by atoms with Gasteiger partial charge in [-0.2, -0.15) is 0 Å². The molecule has 0 aliphatic carbocycles. The number of nitrogens with one attached hydrogen (secondary N) is 3. The highest BCUT2D eigenvalue weighted by atomic mass is 16.4. The van der Waals surface area contributed by atoms with Crippen LogP contribution in [0.5, 0.6) is 0 Å². The third-order valence-electron chi connectivity index (χ3n) is 9.05. The van der Waals surface area contributed by atoms with Gasteiger partial charge in [0.1, 0.15) is 18.1 Å². The second-order valence-corrected chi connectivity index (χ2v) is 13.3. The molecule has 0 spiro atoms. The second-order valence-electron chi connectivity index (χ2n) is 13.3. The Morgan fingerprint density at radius 3 is 0.852 bits per heavy atom. The fourth-order valence-corrected chi connectivity index (χ4v) is 6.14. The van der Waals surface area contributed by atoms with E-state index in [4.69, 9.17) is 0 Å². The van der Waals surface area contributed by atoms with Gasteiger partial charge in [0.05, 0.1) is 19.6 Å². The molecule has 1 saturated heterocycles. The van der Waals surface area contributed by atoms with Crippen molar-refractivity contribution in [1.82, 2.24) is 30.7 Å². The highest BCUT2D eigenvalue weighted by Crippen LogP contribution is 2.08. The Morgan fingerprint density at radius 2 is 0.648 bits per heavy atom. The van der Waals surface area contributed by atoms with E-state index in [0.717, 1.165) is 16.7 Å². The topological polar surface area (TPSA) is 209 Å². The number of hydrogen-bond donors (Lipinski definition) is 6. The quantitative estimate of drug-likeness (QED) is 0.104. The predicted octanol–water partition coefficient (Wildman–Crippen LogP) is 0.342. The number of carboxylic acid groups (broad SMARTS) is 3. The van der Waals surface area contributed by atoms with Crippen LogP contribution < -0.4 is 16.0 Å². The molecular weight excluding hydrogens is 696 g/mol. The van der Waals surface area contributed by atoms with Crippen molar-refractivity contribution < 1.29 is 44.1 Å². The molecule has 4 rings (SSSR count). The van der Waals surface area contributed by atoms with Gasteiger partial charge in [-0.25, -0.2) is 14.4 Å². The van der Waals surface area contributed by atoms with E-state index in [0.29, 0.717) is 39.3 Å². The number of amides is 3. The van der Waals surface area contributed by atoms with Crippen LogP contribution in [-0.2, 0) is 48.0 Å². The molecule has 0 saturated carbocycles. The minimum Gasteiger partial charge on any atom is -0.480 e. The number of carboxylic acids is 3. The van der Waals surface area contributed by atoms with Gasteiger partial charge in [-0.15, -0.1) is 0 Å². The summed E-state index contributed by atoms with van der Waals surface area (Å²) in [5.41, 5.74) is 2.25. The number of benzene rings is 3. The van der Waals surface area contributed by atoms with Crippen molar-refractivity contribution in [2.75, 3.05) is 58.9 Å². The molecule has 1 aliphatic rings. The second kappa shape index (κ2) is 21.2. The highest BCUT2D eigenvalue weighted by Gasteiger charge is 2.27. The molecule has 3 amide bonds. The lowest BCUT2D eigenvalue weighted by molar-refractivity contribution is -0.142. The lowest BCUT2D eigenvalue weighted by Crippen LogP contribution is -2.49. The Morgan fingerprint density at radius 1 is 0.426 bits per heavy atom. The van der Waals surface area contributed by atoms with Crippen LogP contribution in [0.3, 0.4) is 0 Å². The standard InChI is InChI=1S/C39H48N6O9/c46-34(40-31(37(49)50)22-28-10-4-1-5-11-28)25-43-16-18-44(26-35(47)41-32(38(51)52)23-29-12-6-2-7-13-29)20-21-45(19-17-43)27-36(48)42-33(39(53)54)24-30-14-8-3-9-15-30/h1-15,31-33H,16-27H2,(H,40,46)(H,41,47)(H,42,48)(H,49,50)(H,51,52)(H,53,54)/t31-,32-,33-/m0/s1. The first-order valence-electron chi connectivity index (χ1n) is 17.8. The fourth-order valence-electron chi connectivity index (χ4n) is 6.14. The monoisotopic (exact) mass is 744 g/mol. The Labute approximate surface area is 313 Å².